The van der Waals surface area contributed by atoms with E-state index < -0.39 is 6.29 Å². The fourth-order valence-corrected chi connectivity index (χ4v) is 6.67. The minimum atomic E-state index is -0.528. The highest BCUT2D eigenvalue weighted by Gasteiger charge is 2.33. The zero-order valence-corrected chi connectivity index (χ0v) is 29.3. The molecule has 3 atom stereocenters. The van der Waals surface area contributed by atoms with Crippen LogP contribution in [0.5, 0.6) is 11.5 Å². The van der Waals surface area contributed by atoms with Crippen molar-refractivity contribution in [3.63, 3.8) is 0 Å². The van der Waals surface area contributed by atoms with Crippen molar-refractivity contribution >= 4 is 11.7 Å². The monoisotopic (exact) mass is 698 g/mol. The number of nitrogens with zero attached hydrogens (tertiary/aromatic N) is 2. The molecule has 52 heavy (non-hydrogen) atoms. The van der Waals surface area contributed by atoms with Gasteiger partial charge in [0.2, 0.25) is 0 Å². The Morgan fingerprint density at radius 3 is 1.98 bits per heavy atom. The molecule has 2 aliphatic heterocycles. The molecule has 9 nitrogen and oxygen atoms in total. The maximum absolute atomic E-state index is 12.7. The standard InChI is InChI=1S/C43H46N4O5/c48-31-34-13-15-35(16-14-34)41-27-40(30-47-25-23-46(24-26-47)29-33-7-3-1-4-8-33)51-42(52-41)36-17-11-32(12-18-36)28-44-43(49)45-37-19-21-39(22-20-37)50-38-9-5-2-6-10-38/h1-22,40-42,48H,23-31H2,(H2,44,45,49). The molecule has 0 saturated carbocycles. The normalized spacial score (nSPS) is 19.5. The molecule has 268 valence electrons. The van der Waals surface area contributed by atoms with E-state index in [2.05, 4.69) is 50.8 Å². The van der Waals surface area contributed by atoms with E-state index >= 15 is 0 Å². The number of piperazine rings is 1. The second-order valence-corrected chi connectivity index (χ2v) is 13.4. The number of nitrogens with one attached hydrogen (secondary N) is 2. The van der Waals surface area contributed by atoms with Crippen LogP contribution >= 0.6 is 0 Å². The molecule has 0 aliphatic carbocycles. The van der Waals surface area contributed by atoms with Crippen molar-refractivity contribution < 1.29 is 24.1 Å². The number of benzene rings is 5. The third-order valence-electron chi connectivity index (χ3n) is 9.59. The molecule has 2 heterocycles. The maximum Gasteiger partial charge on any atom is 0.319 e. The summed E-state index contributed by atoms with van der Waals surface area (Å²) in [6, 6.07) is 43.2. The van der Waals surface area contributed by atoms with Gasteiger partial charge in [-0.15, -0.1) is 0 Å². The molecule has 2 aliphatic rings. The fourth-order valence-electron chi connectivity index (χ4n) is 6.67. The maximum atomic E-state index is 12.7. The number of ether oxygens (including phenoxy) is 3. The van der Waals surface area contributed by atoms with E-state index in [0.29, 0.717) is 18.0 Å². The molecule has 3 unspecified atom stereocenters. The predicted octanol–water partition coefficient (Wildman–Crippen LogP) is 7.66. The van der Waals surface area contributed by atoms with Crippen molar-refractivity contribution in [2.45, 2.75) is 44.6 Å². The second kappa shape index (κ2) is 17.5. The van der Waals surface area contributed by atoms with Crippen molar-refractivity contribution in [1.29, 1.82) is 0 Å². The first-order chi connectivity index (χ1) is 25.6. The van der Waals surface area contributed by atoms with E-state index in [4.69, 9.17) is 14.2 Å². The lowest BCUT2D eigenvalue weighted by atomic mass is 9.99. The molecule has 0 spiro atoms. The Labute approximate surface area is 305 Å². The molecule has 2 saturated heterocycles. The van der Waals surface area contributed by atoms with Gasteiger partial charge < -0.3 is 30.0 Å². The van der Waals surface area contributed by atoms with Gasteiger partial charge in [0.1, 0.15) is 11.5 Å². The summed E-state index contributed by atoms with van der Waals surface area (Å²) >= 11 is 0. The molecular weight excluding hydrogens is 652 g/mol. The second-order valence-electron chi connectivity index (χ2n) is 13.4. The molecule has 3 N–H and O–H groups in total. The van der Waals surface area contributed by atoms with Crippen LogP contribution in [-0.2, 0) is 29.2 Å². The van der Waals surface area contributed by atoms with Crippen LogP contribution in [0.25, 0.3) is 0 Å². The molecular formula is C43H46N4O5. The first-order valence-corrected chi connectivity index (χ1v) is 18.0. The van der Waals surface area contributed by atoms with Gasteiger partial charge in [-0.3, -0.25) is 9.80 Å². The fraction of sp³-hybridized carbons (Fsp3) is 0.279. The van der Waals surface area contributed by atoms with Gasteiger partial charge in [0.15, 0.2) is 6.29 Å². The van der Waals surface area contributed by atoms with Crippen molar-refractivity contribution in [1.82, 2.24) is 15.1 Å². The van der Waals surface area contributed by atoms with Crippen molar-refractivity contribution in [3.05, 3.63) is 161 Å². The van der Waals surface area contributed by atoms with Gasteiger partial charge in [0.05, 0.1) is 18.8 Å². The molecule has 7 rings (SSSR count). The van der Waals surface area contributed by atoms with Gasteiger partial charge in [-0.25, -0.2) is 4.79 Å². The van der Waals surface area contributed by atoms with Crippen molar-refractivity contribution in [2.24, 2.45) is 0 Å². The lowest BCUT2D eigenvalue weighted by Gasteiger charge is -2.40. The number of aliphatic hydroxyl groups is 1. The minimum absolute atomic E-state index is 0.00838. The van der Waals surface area contributed by atoms with Gasteiger partial charge in [0.25, 0.3) is 0 Å². The van der Waals surface area contributed by atoms with Gasteiger partial charge in [-0.2, -0.15) is 0 Å². The predicted molar refractivity (Wildman–Crippen MR) is 202 cm³/mol. The van der Waals surface area contributed by atoms with Gasteiger partial charge in [-0.05, 0) is 58.7 Å². The van der Waals surface area contributed by atoms with Crippen LogP contribution < -0.4 is 15.4 Å². The van der Waals surface area contributed by atoms with Gasteiger partial charge in [-0.1, -0.05) is 97.1 Å². The number of aliphatic hydroxyl groups excluding tert-OH is 1. The number of rotatable bonds is 12. The van der Waals surface area contributed by atoms with E-state index in [9.17, 15) is 9.90 Å². The Morgan fingerprint density at radius 2 is 1.29 bits per heavy atom. The quantitative estimate of drug-likeness (QED) is 0.123. The first kappa shape index (κ1) is 35.4. The van der Waals surface area contributed by atoms with Crippen LogP contribution in [0.4, 0.5) is 10.5 Å². The molecule has 5 aromatic rings. The Morgan fingerprint density at radius 1 is 0.673 bits per heavy atom. The average Bonchev–Trinajstić information content (AvgIpc) is 3.19. The number of hydrogen-bond donors (Lipinski definition) is 3. The largest absolute Gasteiger partial charge is 0.457 e. The molecule has 9 heteroatoms. The highest BCUT2D eigenvalue weighted by Crippen LogP contribution is 2.38. The van der Waals surface area contributed by atoms with Crippen LogP contribution in [0.15, 0.2) is 133 Å². The Bertz CT molecular complexity index is 1830. The van der Waals surface area contributed by atoms with Gasteiger partial charge in [0, 0.05) is 63.5 Å². The molecule has 5 aromatic carbocycles. The summed E-state index contributed by atoms with van der Waals surface area (Å²) in [5.41, 5.74) is 5.87. The van der Waals surface area contributed by atoms with Crippen molar-refractivity contribution in [3.8, 4) is 11.5 Å². The number of carbonyl (C=O) groups is 1. The Hall–Kier alpha value is -5.03. The summed E-state index contributed by atoms with van der Waals surface area (Å²) in [4.78, 5) is 17.7. The minimum Gasteiger partial charge on any atom is -0.457 e. The number of carbonyl (C=O) groups excluding carboxylic acids is 1. The third kappa shape index (κ3) is 9.85. The van der Waals surface area contributed by atoms with Gasteiger partial charge >= 0.3 is 6.03 Å². The van der Waals surface area contributed by atoms with E-state index in [0.717, 1.165) is 73.7 Å². The van der Waals surface area contributed by atoms with E-state index in [-0.39, 0.29) is 24.8 Å². The molecule has 0 aromatic heterocycles. The zero-order valence-electron chi connectivity index (χ0n) is 29.3. The molecule has 2 amide bonds. The van der Waals surface area contributed by atoms with Crippen LogP contribution in [0, 0.1) is 0 Å². The number of urea groups is 1. The van der Waals surface area contributed by atoms with Crippen LogP contribution in [0.3, 0.4) is 0 Å². The summed E-state index contributed by atoms with van der Waals surface area (Å²) < 4.78 is 19.1. The molecule has 0 bridgehead atoms. The van der Waals surface area contributed by atoms with Crippen LogP contribution in [0.2, 0.25) is 0 Å². The smallest absolute Gasteiger partial charge is 0.319 e. The number of para-hydroxylation sites is 1. The Balaban J connectivity index is 0.933. The van der Waals surface area contributed by atoms with E-state index in [1.165, 1.54) is 5.56 Å². The number of anilines is 1. The SMILES string of the molecule is O=C(NCc1ccc(C2OC(CN3CCN(Cc4ccccc4)CC3)CC(c3ccc(CO)cc3)O2)cc1)Nc1ccc(Oc2ccccc2)cc1. The summed E-state index contributed by atoms with van der Waals surface area (Å²) in [5.74, 6) is 1.45. The molecule has 0 radical (unpaired) electrons. The molecule has 2 fully saturated rings. The van der Waals surface area contributed by atoms with Crippen molar-refractivity contribution in [2.75, 3.05) is 38.0 Å². The first-order valence-electron chi connectivity index (χ1n) is 18.0. The summed E-state index contributed by atoms with van der Waals surface area (Å²) in [6.45, 7) is 6.24. The number of hydrogen-bond acceptors (Lipinski definition) is 7. The average molecular weight is 699 g/mol. The highest BCUT2D eigenvalue weighted by molar-refractivity contribution is 5.89. The lowest BCUT2D eigenvalue weighted by molar-refractivity contribution is -0.253. The van der Waals surface area contributed by atoms with Crippen LogP contribution in [-0.4, -0.2) is 59.8 Å². The van der Waals surface area contributed by atoms with Crippen LogP contribution in [0.1, 0.15) is 46.6 Å². The summed E-state index contributed by atoms with van der Waals surface area (Å²) in [7, 11) is 0. The van der Waals surface area contributed by atoms with E-state index in [1.807, 2.05) is 103 Å². The third-order valence-corrected chi connectivity index (χ3v) is 9.59. The Kier molecular flexibility index (Phi) is 11.9. The summed E-state index contributed by atoms with van der Waals surface area (Å²) in [5, 5.41) is 15.4. The topological polar surface area (TPSA) is 95.5 Å². The van der Waals surface area contributed by atoms with E-state index in [1.54, 1.807) is 0 Å². The zero-order chi connectivity index (χ0) is 35.5. The number of amides is 2. The highest BCUT2D eigenvalue weighted by atomic mass is 16.7. The summed E-state index contributed by atoms with van der Waals surface area (Å²) in [6.07, 6.45) is 0.0737. The lowest BCUT2D eigenvalue weighted by Crippen LogP contribution is -2.49.